The number of nitrogens with one attached hydrogen (secondary N) is 1. The summed E-state index contributed by atoms with van der Waals surface area (Å²) in [6.45, 7) is 0. The highest BCUT2D eigenvalue weighted by Gasteiger charge is 2.66. The molecule has 3 nitrogen and oxygen atoms in total. The van der Waals surface area contributed by atoms with Crippen LogP contribution in [0.3, 0.4) is 0 Å². The minimum Gasteiger partial charge on any atom is -0.490 e. The average Bonchev–Trinajstić information content (AvgIpc) is 3.39. The van der Waals surface area contributed by atoms with Crippen molar-refractivity contribution in [3.8, 4) is 5.75 Å². The fourth-order valence-corrected chi connectivity index (χ4v) is 5.40. The highest BCUT2D eigenvalue weighted by molar-refractivity contribution is 5.32. The second-order valence-corrected chi connectivity index (χ2v) is 7.60. The van der Waals surface area contributed by atoms with E-state index in [1.165, 1.54) is 37.7 Å². The molecule has 3 N–H and O–H groups in total. The summed E-state index contributed by atoms with van der Waals surface area (Å²) in [6, 6.07) is 8.98. The lowest BCUT2D eigenvalue weighted by atomic mass is 9.93. The Morgan fingerprint density at radius 3 is 2.24 bits per heavy atom. The molecule has 0 aliphatic heterocycles. The van der Waals surface area contributed by atoms with Gasteiger partial charge in [0.05, 0.1) is 6.10 Å². The van der Waals surface area contributed by atoms with Crippen molar-refractivity contribution in [2.75, 3.05) is 0 Å². The van der Waals surface area contributed by atoms with E-state index in [-0.39, 0.29) is 0 Å². The van der Waals surface area contributed by atoms with Gasteiger partial charge in [-0.1, -0.05) is 12.1 Å². The van der Waals surface area contributed by atoms with Crippen LogP contribution in [-0.4, -0.2) is 6.10 Å². The van der Waals surface area contributed by atoms with Gasteiger partial charge >= 0.3 is 0 Å². The van der Waals surface area contributed by atoms with Crippen LogP contribution in [0.15, 0.2) is 24.3 Å². The van der Waals surface area contributed by atoms with E-state index in [2.05, 4.69) is 29.7 Å². The molecule has 5 unspecified atom stereocenters. The number of hydrazine groups is 1. The van der Waals surface area contributed by atoms with E-state index in [1.54, 1.807) is 0 Å². The molecule has 4 fully saturated rings. The normalized spacial score (nSPS) is 40.9. The molecule has 0 saturated heterocycles. The van der Waals surface area contributed by atoms with Gasteiger partial charge in [0.25, 0.3) is 0 Å². The van der Waals surface area contributed by atoms with Crippen LogP contribution in [0.4, 0.5) is 0 Å². The molecular weight excluding hydrogens is 260 g/mol. The van der Waals surface area contributed by atoms with Gasteiger partial charge in [0, 0.05) is 6.04 Å². The molecule has 0 amide bonds. The van der Waals surface area contributed by atoms with Crippen LogP contribution in [0.1, 0.15) is 43.7 Å². The van der Waals surface area contributed by atoms with E-state index >= 15 is 0 Å². The number of nitrogens with two attached hydrogens (primary N) is 1. The summed E-state index contributed by atoms with van der Waals surface area (Å²) in [4.78, 5) is 0. The van der Waals surface area contributed by atoms with Gasteiger partial charge in [-0.3, -0.25) is 11.3 Å². The molecule has 4 aliphatic rings. The Labute approximate surface area is 126 Å². The highest BCUT2D eigenvalue weighted by Crippen LogP contribution is 2.72. The molecule has 0 radical (unpaired) electrons. The topological polar surface area (TPSA) is 47.3 Å². The largest absolute Gasteiger partial charge is 0.490 e. The third-order valence-corrected chi connectivity index (χ3v) is 6.43. The Bertz CT molecular complexity index is 523. The lowest BCUT2D eigenvalue weighted by Gasteiger charge is -2.20. The zero-order chi connectivity index (χ0) is 14.0. The summed E-state index contributed by atoms with van der Waals surface area (Å²) in [5, 5.41) is 0. The minimum atomic E-state index is 0.332. The second-order valence-electron chi connectivity index (χ2n) is 7.60. The monoisotopic (exact) mass is 284 g/mol. The van der Waals surface area contributed by atoms with Crippen molar-refractivity contribution in [3.05, 3.63) is 29.8 Å². The van der Waals surface area contributed by atoms with Gasteiger partial charge < -0.3 is 4.74 Å². The van der Waals surface area contributed by atoms with Gasteiger partial charge in [0.15, 0.2) is 0 Å². The molecule has 4 aliphatic carbocycles. The van der Waals surface area contributed by atoms with Gasteiger partial charge in [-0.2, -0.15) is 0 Å². The molecule has 0 spiro atoms. The number of ether oxygens (including phenoxy) is 1. The molecule has 3 heteroatoms. The Hall–Kier alpha value is -1.06. The predicted molar refractivity (Wildman–Crippen MR) is 81.5 cm³/mol. The zero-order valence-corrected chi connectivity index (χ0v) is 12.4. The Morgan fingerprint density at radius 2 is 1.67 bits per heavy atom. The molecule has 1 aromatic rings. The maximum Gasteiger partial charge on any atom is 0.119 e. The summed E-state index contributed by atoms with van der Waals surface area (Å²) in [6.07, 6.45) is 7.32. The Kier molecular flexibility index (Phi) is 2.65. The zero-order valence-electron chi connectivity index (χ0n) is 12.4. The van der Waals surface area contributed by atoms with E-state index in [4.69, 9.17) is 10.6 Å². The smallest absolute Gasteiger partial charge is 0.119 e. The van der Waals surface area contributed by atoms with Crippen LogP contribution >= 0.6 is 0 Å². The summed E-state index contributed by atoms with van der Waals surface area (Å²) in [5.41, 5.74) is 4.44. The van der Waals surface area contributed by atoms with E-state index in [9.17, 15) is 0 Å². The molecule has 4 saturated carbocycles. The van der Waals surface area contributed by atoms with Crippen molar-refractivity contribution in [1.29, 1.82) is 0 Å². The third kappa shape index (κ3) is 1.94. The van der Waals surface area contributed by atoms with Gasteiger partial charge in [-0.05, 0) is 79.4 Å². The van der Waals surface area contributed by atoms with E-state index in [0.717, 1.165) is 35.3 Å². The Balaban J connectivity index is 1.33. The van der Waals surface area contributed by atoms with Crippen LogP contribution in [0.5, 0.6) is 5.75 Å². The Morgan fingerprint density at radius 1 is 1.00 bits per heavy atom. The standard InChI is InChI=1S/C18H24N2O/c19-20-18(17-15-11-1-2-12(9-11)16(15)17)10-3-5-13(6-4-10)21-14-7-8-14/h3-6,11-12,14-18,20H,1-2,7-9,19H2. The predicted octanol–water partition coefficient (Wildman–Crippen LogP) is 3.02. The first-order chi connectivity index (χ1) is 10.3. The molecular formula is C18H24N2O. The van der Waals surface area contributed by atoms with Crippen LogP contribution in [-0.2, 0) is 0 Å². The minimum absolute atomic E-state index is 0.332. The molecule has 0 aromatic heterocycles. The van der Waals surface area contributed by atoms with Crippen molar-refractivity contribution in [3.63, 3.8) is 0 Å². The van der Waals surface area contributed by atoms with E-state index in [0.29, 0.717) is 12.1 Å². The summed E-state index contributed by atoms with van der Waals surface area (Å²) in [7, 11) is 0. The van der Waals surface area contributed by atoms with Gasteiger partial charge in [0.2, 0.25) is 0 Å². The molecule has 5 rings (SSSR count). The van der Waals surface area contributed by atoms with Crippen LogP contribution < -0.4 is 16.0 Å². The van der Waals surface area contributed by atoms with Crippen molar-refractivity contribution >= 4 is 0 Å². The average molecular weight is 284 g/mol. The number of hydrogen-bond donors (Lipinski definition) is 2. The number of benzene rings is 1. The number of hydrogen-bond acceptors (Lipinski definition) is 3. The quantitative estimate of drug-likeness (QED) is 0.645. The first-order valence-corrected chi connectivity index (χ1v) is 8.58. The lowest BCUT2D eigenvalue weighted by molar-refractivity contribution is 0.303. The van der Waals surface area contributed by atoms with E-state index in [1.807, 2.05) is 0 Å². The van der Waals surface area contributed by atoms with Crippen LogP contribution in [0.25, 0.3) is 0 Å². The number of fused-ring (bicyclic) bond motifs is 5. The van der Waals surface area contributed by atoms with E-state index < -0.39 is 0 Å². The summed E-state index contributed by atoms with van der Waals surface area (Å²) in [5.74, 6) is 11.6. The highest BCUT2D eigenvalue weighted by atomic mass is 16.5. The maximum atomic E-state index is 5.91. The molecule has 2 bridgehead atoms. The van der Waals surface area contributed by atoms with Crippen LogP contribution in [0.2, 0.25) is 0 Å². The fraction of sp³-hybridized carbons (Fsp3) is 0.667. The third-order valence-electron chi connectivity index (χ3n) is 6.43. The fourth-order valence-electron chi connectivity index (χ4n) is 5.40. The van der Waals surface area contributed by atoms with Crippen molar-refractivity contribution in [2.24, 2.45) is 35.4 Å². The molecule has 112 valence electrons. The molecule has 1 aromatic carbocycles. The first-order valence-electron chi connectivity index (χ1n) is 8.58. The van der Waals surface area contributed by atoms with Crippen molar-refractivity contribution in [1.82, 2.24) is 5.43 Å². The van der Waals surface area contributed by atoms with Crippen molar-refractivity contribution in [2.45, 2.75) is 44.2 Å². The molecule has 21 heavy (non-hydrogen) atoms. The summed E-state index contributed by atoms with van der Waals surface area (Å²) >= 11 is 0. The first kappa shape index (κ1) is 12.5. The van der Waals surface area contributed by atoms with Crippen molar-refractivity contribution < 1.29 is 4.74 Å². The molecule has 0 heterocycles. The molecule has 5 atom stereocenters. The lowest BCUT2D eigenvalue weighted by Crippen LogP contribution is -2.31. The maximum absolute atomic E-state index is 5.91. The number of rotatable bonds is 5. The van der Waals surface area contributed by atoms with Crippen LogP contribution in [0, 0.1) is 29.6 Å². The summed E-state index contributed by atoms with van der Waals surface area (Å²) < 4.78 is 5.84. The second kappa shape index (κ2) is 4.47. The van der Waals surface area contributed by atoms with Gasteiger partial charge in [0.1, 0.15) is 5.75 Å². The van der Waals surface area contributed by atoms with Gasteiger partial charge in [-0.25, -0.2) is 0 Å². The SMILES string of the molecule is NNC(c1ccc(OC2CC2)cc1)C1C2C3CCC(C3)C21. The van der Waals surface area contributed by atoms with Gasteiger partial charge in [-0.15, -0.1) is 0 Å².